The molecule has 2 aromatic rings. The number of ether oxygens (including phenoxy) is 2. The first kappa shape index (κ1) is 15.6. The first-order valence-electron chi connectivity index (χ1n) is 8.53. The molecule has 1 saturated heterocycles. The Balaban J connectivity index is 1.30. The van der Waals surface area contributed by atoms with E-state index in [-0.39, 0.29) is 0 Å². The third-order valence-electron chi connectivity index (χ3n) is 5.20. The van der Waals surface area contributed by atoms with E-state index in [1.54, 1.807) is 7.11 Å². The van der Waals surface area contributed by atoms with Gasteiger partial charge in [0, 0.05) is 5.92 Å². The van der Waals surface area contributed by atoms with Gasteiger partial charge in [-0.2, -0.15) is 4.98 Å². The number of piperidine rings is 1. The van der Waals surface area contributed by atoms with Crippen LogP contribution in [0.2, 0.25) is 0 Å². The van der Waals surface area contributed by atoms with Crippen molar-refractivity contribution < 1.29 is 14.0 Å². The van der Waals surface area contributed by atoms with Crippen LogP contribution in [0.15, 0.2) is 28.8 Å². The number of nitrogens with one attached hydrogen (secondary N) is 1. The zero-order chi connectivity index (χ0) is 16.4. The molecule has 4 rings (SSSR count). The van der Waals surface area contributed by atoms with E-state index in [0.29, 0.717) is 30.4 Å². The zero-order valence-corrected chi connectivity index (χ0v) is 14.0. The van der Waals surface area contributed by atoms with Gasteiger partial charge in [-0.3, -0.25) is 0 Å². The average Bonchev–Trinajstić information content (AvgIpc) is 3.10. The summed E-state index contributed by atoms with van der Waals surface area (Å²) < 4.78 is 16.4. The molecular weight excluding hydrogens is 306 g/mol. The zero-order valence-electron chi connectivity index (χ0n) is 14.0. The summed E-state index contributed by atoms with van der Waals surface area (Å²) in [5.41, 5.74) is 1.48. The molecular formula is C18H23N3O3. The summed E-state index contributed by atoms with van der Waals surface area (Å²) in [5.74, 6) is 2.69. The van der Waals surface area contributed by atoms with Gasteiger partial charge in [0.15, 0.2) is 5.82 Å². The second-order valence-corrected chi connectivity index (χ2v) is 6.76. The second-order valence-electron chi connectivity index (χ2n) is 6.76. The van der Waals surface area contributed by atoms with Crippen LogP contribution < -0.4 is 10.1 Å². The van der Waals surface area contributed by atoms with Gasteiger partial charge in [0.2, 0.25) is 5.89 Å². The van der Waals surface area contributed by atoms with Crippen molar-refractivity contribution in [1.29, 1.82) is 0 Å². The Bertz CT molecular complexity index is 694. The van der Waals surface area contributed by atoms with E-state index in [1.807, 2.05) is 24.3 Å². The molecule has 0 bridgehead atoms. The highest BCUT2D eigenvalue weighted by molar-refractivity contribution is 5.27. The van der Waals surface area contributed by atoms with Crippen molar-refractivity contribution >= 4 is 0 Å². The Kier molecular flexibility index (Phi) is 4.24. The van der Waals surface area contributed by atoms with Gasteiger partial charge in [0.05, 0.1) is 13.7 Å². The van der Waals surface area contributed by atoms with E-state index in [2.05, 4.69) is 15.5 Å². The van der Waals surface area contributed by atoms with Gasteiger partial charge in [0.25, 0.3) is 0 Å². The molecule has 1 aromatic carbocycles. The third-order valence-corrected chi connectivity index (χ3v) is 5.20. The fourth-order valence-electron chi connectivity index (χ4n) is 3.66. The SMILES string of the molecule is COc1cccc(COCc2noc(C3CC34CCNCC4)n2)c1. The normalized spacial score (nSPS) is 21.8. The van der Waals surface area contributed by atoms with Gasteiger partial charge in [0.1, 0.15) is 12.4 Å². The van der Waals surface area contributed by atoms with E-state index in [9.17, 15) is 0 Å². The highest BCUT2D eigenvalue weighted by Crippen LogP contribution is 2.63. The predicted octanol–water partition coefficient (Wildman–Crippen LogP) is 2.65. The van der Waals surface area contributed by atoms with E-state index in [4.69, 9.17) is 14.0 Å². The van der Waals surface area contributed by atoms with Crippen LogP contribution in [0.4, 0.5) is 0 Å². The van der Waals surface area contributed by atoms with Crippen LogP contribution in [0.5, 0.6) is 5.75 Å². The lowest BCUT2D eigenvalue weighted by molar-refractivity contribution is 0.0998. The van der Waals surface area contributed by atoms with Gasteiger partial charge in [-0.1, -0.05) is 17.3 Å². The minimum absolute atomic E-state index is 0.363. The largest absolute Gasteiger partial charge is 0.497 e. The molecule has 0 amide bonds. The van der Waals surface area contributed by atoms with Crippen LogP contribution in [0.1, 0.15) is 42.5 Å². The molecule has 6 heteroatoms. The highest BCUT2D eigenvalue weighted by atomic mass is 16.5. The molecule has 1 aliphatic carbocycles. The lowest BCUT2D eigenvalue weighted by Gasteiger charge is -2.22. The molecule has 128 valence electrons. The summed E-state index contributed by atoms with van der Waals surface area (Å²) >= 11 is 0. The van der Waals surface area contributed by atoms with Gasteiger partial charge >= 0.3 is 0 Å². The Morgan fingerprint density at radius 2 is 2.17 bits per heavy atom. The number of nitrogens with zero attached hydrogens (tertiary/aromatic N) is 2. The van der Waals surface area contributed by atoms with Gasteiger partial charge < -0.3 is 19.3 Å². The van der Waals surface area contributed by atoms with E-state index in [1.165, 1.54) is 19.3 Å². The minimum Gasteiger partial charge on any atom is -0.497 e. The Morgan fingerprint density at radius 1 is 1.29 bits per heavy atom. The Hall–Kier alpha value is -1.92. The summed E-state index contributed by atoms with van der Waals surface area (Å²) in [6.07, 6.45) is 3.60. The molecule has 1 spiro atoms. The van der Waals surface area contributed by atoms with Crippen molar-refractivity contribution in [2.75, 3.05) is 20.2 Å². The van der Waals surface area contributed by atoms with Crippen molar-refractivity contribution in [3.8, 4) is 5.75 Å². The van der Waals surface area contributed by atoms with Crippen molar-refractivity contribution in [2.24, 2.45) is 5.41 Å². The molecule has 1 saturated carbocycles. The molecule has 1 aromatic heterocycles. The van der Waals surface area contributed by atoms with Crippen molar-refractivity contribution in [2.45, 2.75) is 38.4 Å². The van der Waals surface area contributed by atoms with Crippen LogP contribution in [0.25, 0.3) is 0 Å². The molecule has 1 unspecified atom stereocenters. The highest BCUT2D eigenvalue weighted by Gasteiger charge is 2.57. The van der Waals surface area contributed by atoms with Crippen molar-refractivity contribution in [3.63, 3.8) is 0 Å². The molecule has 1 aliphatic heterocycles. The maximum absolute atomic E-state index is 5.71. The van der Waals surface area contributed by atoms with Crippen molar-refractivity contribution in [3.05, 3.63) is 41.5 Å². The third kappa shape index (κ3) is 3.16. The van der Waals surface area contributed by atoms with Crippen LogP contribution >= 0.6 is 0 Å². The summed E-state index contributed by atoms with van der Waals surface area (Å²) in [6.45, 7) is 3.06. The Labute approximate surface area is 141 Å². The quantitative estimate of drug-likeness (QED) is 0.879. The average molecular weight is 329 g/mol. The smallest absolute Gasteiger partial charge is 0.230 e. The van der Waals surface area contributed by atoms with Crippen LogP contribution in [0.3, 0.4) is 0 Å². The van der Waals surface area contributed by atoms with E-state index >= 15 is 0 Å². The first-order chi connectivity index (χ1) is 11.8. The van der Waals surface area contributed by atoms with Crippen LogP contribution in [0, 0.1) is 5.41 Å². The number of aromatic nitrogens is 2. The number of rotatable bonds is 6. The minimum atomic E-state index is 0.363. The molecule has 24 heavy (non-hydrogen) atoms. The predicted molar refractivity (Wildman–Crippen MR) is 87.7 cm³/mol. The summed E-state index contributed by atoms with van der Waals surface area (Å²) in [5, 5.41) is 7.48. The fourth-order valence-corrected chi connectivity index (χ4v) is 3.66. The molecule has 0 radical (unpaired) electrons. The van der Waals surface area contributed by atoms with Crippen LogP contribution in [-0.2, 0) is 18.0 Å². The lowest BCUT2D eigenvalue weighted by Crippen LogP contribution is -2.29. The fraction of sp³-hybridized carbons (Fsp3) is 0.556. The summed E-state index contributed by atoms with van der Waals surface area (Å²) in [4.78, 5) is 4.54. The Morgan fingerprint density at radius 3 is 3.00 bits per heavy atom. The number of methoxy groups -OCH3 is 1. The number of hydrogen-bond acceptors (Lipinski definition) is 6. The monoisotopic (exact) mass is 329 g/mol. The number of benzene rings is 1. The summed E-state index contributed by atoms with van der Waals surface area (Å²) in [7, 11) is 1.66. The second kappa shape index (κ2) is 6.53. The van der Waals surface area contributed by atoms with Crippen LogP contribution in [-0.4, -0.2) is 30.3 Å². The first-order valence-corrected chi connectivity index (χ1v) is 8.53. The maximum Gasteiger partial charge on any atom is 0.230 e. The van der Waals surface area contributed by atoms with Gasteiger partial charge in [-0.15, -0.1) is 0 Å². The molecule has 2 aliphatic rings. The summed E-state index contributed by atoms with van der Waals surface area (Å²) in [6, 6.07) is 7.85. The van der Waals surface area contributed by atoms with Gasteiger partial charge in [-0.05, 0) is 55.5 Å². The molecule has 2 fully saturated rings. The molecule has 1 atom stereocenters. The molecule has 2 heterocycles. The number of hydrogen-bond donors (Lipinski definition) is 1. The van der Waals surface area contributed by atoms with Crippen molar-refractivity contribution in [1.82, 2.24) is 15.5 Å². The van der Waals surface area contributed by atoms with Gasteiger partial charge in [-0.25, -0.2) is 0 Å². The lowest BCUT2D eigenvalue weighted by atomic mass is 9.92. The molecule has 6 nitrogen and oxygen atoms in total. The topological polar surface area (TPSA) is 69.4 Å². The van der Waals surface area contributed by atoms with E-state index < -0.39 is 0 Å². The standard InChI is InChI=1S/C18H23N3O3/c1-22-14-4-2-3-13(9-14)11-23-12-16-20-17(24-21-16)15-10-18(15)5-7-19-8-6-18/h2-4,9,15,19H,5-8,10-12H2,1H3. The van der Waals surface area contributed by atoms with E-state index in [0.717, 1.165) is 30.3 Å². The maximum atomic E-state index is 5.71. The molecule has 1 N–H and O–H groups in total.